The van der Waals surface area contributed by atoms with Crippen molar-refractivity contribution in [1.29, 1.82) is 0 Å². The fourth-order valence-corrected chi connectivity index (χ4v) is 1.90. The highest BCUT2D eigenvalue weighted by Crippen LogP contribution is 2.12. The van der Waals surface area contributed by atoms with E-state index in [1.54, 1.807) is 12.3 Å². The molecule has 1 aromatic rings. The summed E-state index contributed by atoms with van der Waals surface area (Å²) in [5, 5.41) is 12.0. The first-order valence-corrected chi connectivity index (χ1v) is 7.53. The van der Waals surface area contributed by atoms with Gasteiger partial charge in [0.15, 0.2) is 0 Å². The van der Waals surface area contributed by atoms with Gasteiger partial charge in [0.25, 0.3) is 0 Å². The summed E-state index contributed by atoms with van der Waals surface area (Å²) in [7, 11) is -0.869. The first-order chi connectivity index (χ1) is 8.52. The summed E-state index contributed by atoms with van der Waals surface area (Å²) in [6, 6.07) is 3.09. The second-order valence-electron chi connectivity index (χ2n) is 3.99. The molecule has 0 fully saturated rings. The molecular formula is C12H18N2O3S. The smallest absolute Gasteiger partial charge is 0.335 e. The van der Waals surface area contributed by atoms with Crippen molar-refractivity contribution in [3.05, 3.63) is 23.4 Å². The predicted octanol–water partition coefficient (Wildman–Crippen LogP) is 1.52. The van der Waals surface area contributed by atoms with Crippen LogP contribution in [0.4, 0.5) is 5.82 Å². The molecule has 1 unspecified atom stereocenters. The largest absolute Gasteiger partial charge is 0.478 e. The van der Waals surface area contributed by atoms with Crippen LogP contribution in [0.5, 0.6) is 0 Å². The number of carbonyl (C=O) groups is 1. The second kappa shape index (κ2) is 7.10. The van der Waals surface area contributed by atoms with E-state index in [1.807, 2.05) is 6.92 Å². The van der Waals surface area contributed by atoms with Crippen molar-refractivity contribution >= 4 is 22.6 Å². The Morgan fingerprint density at radius 1 is 1.50 bits per heavy atom. The van der Waals surface area contributed by atoms with Gasteiger partial charge in [-0.2, -0.15) is 0 Å². The SMILES string of the molecule is CCCc1cc(C(=O)O)cc(NCCS(C)=O)n1. The number of aryl methyl sites for hydroxylation is 1. The third-order valence-electron chi connectivity index (χ3n) is 2.33. The molecule has 0 bridgehead atoms. The molecule has 0 amide bonds. The topological polar surface area (TPSA) is 79.3 Å². The Labute approximate surface area is 109 Å². The molecule has 100 valence electrons. The van der Waals surface area contributed by atoms with Crippen LogP contribution < -0.4 is 5.32 Å². The van der Waals surface area contributed by atoms with Gasteiger partial charge in [-0.05, 0) is 18.6 Å². The third kappa shape index (κ3) is 4.83. The Hall–Kier alpha value is -1.43. The molecule has 0 saturated heterocycles. The molecule has 0 radical (unpaired) electrons. The first-order valence-electron chi connectivity index (χ1n) is 5.81. The Kier molecular flexibility index (Phi) is 5.77. The molecule has 1 atom stereocenters. The average Bonchev–Trinajstić information content (AvgIpc) is 2.28. The number of carboxylic acids is 1. The molecule has 0 aliphatic heterocycles. The van der Waals surface area contributed by atoms with Gasteiger partial charge in [0.2, 0.25) is 0 Å². The lowest BCUT2D eigenvalue weighted by Gasteiger charge is -2.08. The van der Waals surface area contributed by atoms with Crippen molar-refractivity contribution in [2.75, 3.05) is 23.9 Å². The maximum Gasteiger partial charge on any atom is 0.335 e. The quantitative estimate of drug-likeness (QED) is 0.785. The number of aromatic nitrogens is 1. The van der Waals surface area contributed by atoms with Crippen molar-refractivity contribution < 1.29 is 14.1 Å². The molecule has 1 rings (SSSR count). The van der Waals surface area contributed by atoms with Crippen LogP contribution >= 0.6 is 0 Å². The molecule has 0 saturated carbocycles. The summed E-state index contributed by atoms with van der Waals surface area (Å²) in [4.78, 5) is 15.3. The summed E-state index contributed by atoms with van der Waals surface area (Å²) in [5.41, 5.74) is 0.992. The van der Waals surface area contributed by atoms with Crippen LogP contribution in [0.2, 0.25) is 0 Å². The molecule has 0 aliphatic rings. The lowest BCUT2D eigenvalue weighted by atomic mass is 10.1. The van der Waals surface area contributed by atoms with E-state index in [-0.39, 0.29) is 5.56 Å². The highest BCUT2D eigenvalue weighted by atomic mass is 32.2. The van der Waals surface area contributed by atoms with Gasteiger partial charge in [-0.25, -0.2) is 9.78 Å². The fourth-order valence-electron chi connectivity index (χ4n) is 1.51. The number of pyridine rings is 1. The number of hydrogen-bond donors (Lipinski definition) is 2. The summed E-state index contributed by atoms with van der Waals surface area (Å²) in [6.45, 7) is 2.53. The van der Waals surface area contributed by atoms with Gasteiger partial charge in [0.05, 0.1) is 5.56 Å². The van der Waals surface area contributed by atoms with Gasteiger partial charge in [0.1, 0.15) is 5.82 Å². The number of hydrogen-bond acceptors (Lipinski definition) is 4. The van der Waals surface area contributed by atoms with Crippen molar-refractivity contribution in [3.8, 4) is 0 Å². The predicted molar refractivity (Wildman–Crippen MR) is 72.6 cm³/mol. The lowest BCUT2D eigenvalue weighted by molar-refractivity contribution is 0.0696. The number of aromatic carboxylic acids is 1. The summed E-state index contributed by atoms with van der Waals surface area (Å²) in [6.07, 6.45) is 3.29. The number of anilines is 1. The lowest BCUT2D eigenvalue weighted by Crippen LogP contribution is -2.12. The Morgan fingerprint density at radius 2 is 2.22 bits per heavy atom. The van der Waals surface area contributed by atoms with E-state index >= 15 is 0 Å². The number of rotatable bonds is 7. The molecule has 2 N–H and O–H groups in total. The van der Waals surface area contributed by atoms with E-state index in [9.17, 15) is 9.00 Å². The molecule has 0 aliphatic carbocycles. The molecule has 0 aromatic carbocycles. The Bertz CT molecular complexity index is 449. The minimum atomic E-state index is -0.961. The number of carboxylic acid groups (broad SMARTS) is 1. The summed E-state index contributed by atoms with van der Waals surface area (Å²) >= 11 is 0. The molecule has 18 heavy (non-hydrogen) atoms. The van der Waals surface area contributed by atoms with Gasteiger partial charge < -0.3 is 10.4 Å². The van der Waals surface area contributed by atoms with Crippen molar-refractivity contribution in [2.45, 2.75) is 19.8 Å². The maximum atomic E-state index is 11.0. The van der Waals surface area contributed by atoms with Crippen molar-refractivity contribution in [3.63, 3.8) is 0 Å². The second-order valence-corrected chi connectivity index (χ2v) is 5.55. The fraction of sp³-hybridized carbons (Fsp3) is 0.500. The van der Waals surface area contributed by atoms with Gasteiger partial charge in [-0.1, -0.05) is 13.3 Å². The average molecular weight is 270 g/mol. The standard InChI is InChI=1S/C12H18N2O3S/c1-3-4-10-7-9(12(15)16)8-11(14-10)13-5-6-18(2)17/h7-8H,3-6H2,1-2H3,(H,13,14)(H,15,16). The van der Waals surface area contributed by atoms with Crippen LogP contribution in [0.1, 0.15) is 29.4 Å². The van der Waals surface area contributed by atoms with Crippen LogP contribution in [0.25, 0.3) is 0 Å². The number of nitrogens with zero attached hydrogens (tertiary/aromatic N) is 1. The van der Waals surface area contributed by atoms with E-state index in [0.29, 0.717) is 18.1 Å². The molecule has 5 nitrogen and oxygen atoms in total. The summed E-state index contributed by atoms with van der Waals surface area (Å²) in [5.74, 6) is 0.0860. The van der Waals surface area contributed by atoms with Gasteiger partial charge in [-0.3, -0.25) is 4.21 Å². The first kappa shape index (κ1) is 14.6. The number of nitrogens with one attached hydrogen (secondary N) is 1. The van der Waals surface area contributed by atoms with E-state index in [0.717, 1.165) is 18.5 Å². The molecule has 1 aromatic heterocycles. The Morgan fingerprint density at radius 3 is 2.78 bits per heavy atom. The van der Waals surface area contributed by atoms with Crippen LogP contribution in [0.15, 0.2) is 12.1 Å². The third-order valence-corrected chi connectivity index (χ3v) is 3.11. The van der Waals surface area contributed by atoms with E-state index < -0.39 is 16.8 Å². The Balaban J connectivity index is 2.82. The molecular weight excluding hydrogens is 252 g/mol. The molecule has 1 heterocycles. The normalized spacial score (nSPS) is 12.1. The van der Waals surface area contributed by atoms with E-state index in [1.165, 1.54) is 6.07 Å². The van der Waals surface area contributed by atoms with Crippen LogP contribution in [0, 0.1) is 0 Å². The van der Waals surface area contributed by atoms with E-state index in [4.69, 9.17) is 5.11 Å². The van der Waals surface area contributed by atoms with Crippen LogP contribution in [-0.2, 0) is 17.2 Å². The van der Waals surface area contributed by atoms with Crippen molar-refractivity contribution in [1.82, 2.24) is 4.98 Å². The minimum absolute atomic E-state index is 0.230. The zero-order valence-corrected chi connectivity index (χ0v) is 11.4. The summed E-state index contributed by atoms with van der Waals surface area (Å²) < 4.78 is 10.9. The highest BCUT2D eigenvalue weighted by Gasteiger charge is 2.08. The zero-order chi connectivity index (χ0) is 13.5. The van der Waals surface area contributed by atoms with Gasteiger partial charge >= 0.3 is 5.97 Å². The monoisotopic (exact) mass is 270 g/mol. The highest BCUT2D eigenvalue weighted by molar-refractivity contribution is 7.84. The van der Waals surface area contributed by atoms with Gasteiger partial charge in [-0.15, -0.1) is 0 Å². The van der Waals surface area contributed by atoms with E-state index in [2.05, 4.69) is 10.3 Å². The maximum absolute atomic E-state index is 11.0. The van der Waals surface area contributed by atoms with Crippen molar-refractivity contribution in [2.24, 2.45) is 0 Å². The van der Waals surface area contributed by atoms with Crippen LogP contribution in [0.3, 0.4) is 0 Å². The zero-order valence-electron chi connectivity index (χ0n) is 10.6. The van der Waals surface area contributed by atoms with Crippen LogP contribution in [-0.4, -0.2) is 38.8 Å². The molecule has 6 heteroatoms. The minimum Gasteiger partial charge on any atom is -0.478 e. The molecule has 0 spiro atoms. The van der Waals surface area contributed by atoms with Gasteiger partial charge in [0, 0.05) is 35.0 Å².